The van der Waals surface area contributed by atoms with E-state index in [0.29, 0.717) is 16.5 Å². The molecule has 0 aliphatic carbocycles. The van der Waals surface area contributed by atoms with Crippen LogP contribution in [0.3, 0.4) is 0 Å². The van der Waals surface area contributed by atoms with Crippen LogP contribution in [0, 0.1) is 11.3 Å². The van der Waals surface area contributed by atoms with Gasteiger partial charge in [-0.3, -0.25) is 9.59 Å². The Labute approximate surface area is 96.7 Å². The number of carbonyl (C=O) groups is 1. The molecule has 0 unspecified atom stereocenters. The first kappa shape index (κ1) is 10.9. The van der Waals surface area contributed by atoms with Gasteiger partial charge < -0.3 is 10.3 Å². The second kappa shape index (κ2) is 3.76. The third-order valence-electron chi connectivity index (χ3n) is 2.58. The van der Waals surface area contributed by atoms with Crippen molar-refractivity contribution in [2.24, 2.45) is 12.8 Å². The maximum absolute atomic E-state index is 11.9. The Morgan fingerprint density at radius 3 is 2.76 bits per heavy atom. The fourth-order valence-corrected chi connectivity index (χ4v) is 1.73. The van der Waals surface area contributed by atoms with Crippen molar-refractivity contribution in [3.05, 3.63) is 45.7 Å². The number of carbonyl (C=O) groups excluding carboxylic acids is 1. The van der Waals surface area contributed by atoms with Crippen molar-refractivity contribution >= 4 is 16.8 Å². The van der Waals surface area contributed by atoms with Gasteiger partial charge in [0.1, 0.15) is 5.56 Å². The number of fused-ring (bicyclic) bond motifs is 1. The number of aromatic nitrogens is 1. The third-order valence-corrected chi connectivity index (χ3v) is 2.58. The highest BCUT2D eigenvalue weighted by atomic mass is 16.2. The molecular weight excluding hydrogens is 218 g/mol. The Morgan fingerprint density at radius 1 is 1.47 bits per heavy atom. The second-order valence-corrected chi connectivity index (χ2v) is 3.69. The number of benzene rings is 1. The number of nitrogens with zero attached hydrogens (tertiary/aromatic N) is 2. The molecule has 17 heavy (non-hydrogen) atoms. The van der Waals surface area contributed by atoms with Gasteiger partial charge >= 0.3 is 0 Å². The van der Waals surface area contributed by atoms with E-state index in [1.807, 2.05) is 6.07 Å². The van der Waals surface area contributed by atoms with E-state index in [-0.39, 0.29) is 5.56 Å². The second-order valence-electron chi connectivity index (χ2n) is 3.69. The summed E-state index contributed by atoms with van der Waals surface area (Å²) >= 11 is 0. The summed E-state index contributed by atoms with van der Waals surface area (Å²) in [5.41, 5.74) is 5.72. The van der Waals surface area contributed by atoms with E-state index in [2.05, 4.69) is 0 Å². The van der Waals surface area contributed by atoms with E-state index in [1.54, 1.807) is 17.7 Å². The van der Waals surface area contributed by atoms with Gasteiger partial charge in [0.15, 0.2) is 0 Å². The predicted octanol–water partition coefficient (Wildman–Crippen LogP) is 0.509. The van der Waals surface area contributed by atoms with Crippen LogP contribution in [-0.4, -0.2) is 10.5 Å². The van der Waals surface area contributed by atoms with Crippen LogP contribution in [0.25, 0.3) is 10.9 Å². The molecule has 0 bridgehead atoms. The zero-order valence-corrected chi connectivity index (χ0v) is 9.10. The van der Waals surface area contributed by atoms with Crippen molar-refractivity contribution < 1.29 is 4.79 Å². The molecule has 0 atom stereocenters. The highest BCUT2D eigenvalue weighted by molar-refractivity contribution is 5.96. The minimum Gasteiger partial charge on any atom is -0.365 e. The smallest absolute Gasteiger partial charge is 0.254 e. The Balaban J connectivity index is 2.94. The minimum atomic E-state index is -0.753. The van der Waals surface area contributed by atoms with E-state index in [9.17, 15) is 9.59 Å². The van der Waals surface area contributed by atoms with Crippen LogP contribution in [0.4, 0.5) is 0 Å². The Kier molecular flexibility index (Phi) is 2.41. The molecule has 0 aliphatic heterocycles. The number of nitrogens with two attached hydrogens (primary N) is 1. The van der Waals surface area contributed by atoms with Crippen molar-refractivity contribution in [2.45, 2.75) is 0 Å². The number of hydrogen-bond donors (Lipinski definition) is 1. The summed E-state index contributed by atoms with van der Waals surface area (Å²) in [4.78, 5) is 23.0. The summed E-state index contributed by atoms with van der Waals surface area (Å²) in [5.74, 6) is -0.753. The van der Waals surface area contributed by atoms with Crippen molar-refractivity contribution in [2.75, 3.05) is 0 Å². The van der Waals surface area contributed by atoms with Crippen molar-refractivity contribution in [1.82, 2.24) is 4.57 Å². The molecule has 0 aliphatic rings. The van der Waals surface area contributed by atoms with Crippen LogP contribution in [-0.2, 0) is 7.05 Å². The first-order valence-corrected chi connectivity index (χ1v) is 4.88. The summed E-state index contributed by atoms with van der Waals surface area (Å²) < 4.78 is 1.61. The maximum atomic E-state index is 11.9. The summed E-state index contributed by atoms with van der Waals surface area (Å²) in [6.45, 7) is 0. The maximum Gasteiger partial charge on any atom is 0.254 e. The fraction of sp³-hybridized carbons (Fsp3) is 0.0833. The van der Waals surface area contributed by atoms with Crippen LogP contribution in [0.15, 0.2) is 29.2 Å². The van der Waals surface area contributed by atoms with E-state index in [1.165, 1.54) is 18.3 Å². The van der Waals surface area contributed by atoms with Gasteiger partial charge in [-0.25, -0.2) is 0 Å². The first-order valence-electron chi connectivity index (χ1n) is 4.88. The molecule has 84 valence electrons. The summed E-state index contributed by atoms with van der Waals surface area (Å²) in [6.07, 6.45) is 1.38. The van der Waals surface area contributed by atoms with Crippen LogP contribution in [0.1, 0.15) is 15.9 Å². The standard InChI is InChI=1S/C12H9N3O2/c1-15-6-9(12(14)17)11(16)8-3-2-7(5-13)4-10(8)15/h2-4,6H,1H3,(H2,14,17). The molecule has 1 aromatic heterocycles. The number of amides is 1. The van der Waals surface area contributed by atoms with Crippen LogP contribution in [0.5, 0.6) is 0 Å². The molecule has 2 rings (SSSR count). The van der Waals surface area contributed by atoms with Gasteiger partial charge in [0.25, 0.3) is 5.91 Å². The molecule has 1 aromatic carbocycles. The fourth-order valence-electron chi connectivity index (χ4n) is 1.73. The number of pyridine rings is 1. The summed E-state index contributed by atoms with van der Waals surface area (Å²) in [7, 11) is 1.69. The molecular formula is C12H9N3O2. The summed E-state index contributed by atoms with van der Waals surface area (Å²) in [5, 5.41) is 9.17. The van der Waals surface area contributed by atoms with E-state index >= 15 is 0 Å². The van der Waals surface area contributed by atoms with Gasteiger partial charge in [0.05, 0.1) is 17.1 Å². The van der Waals surface area contributed by atoms with Gasteiger partial charge in [0.2, 0.25) is 5.43 Å². The molecule has 0 spiro atoms. The average Bonchev–Trinajstić information content (AvgIpc) is 2.32. The molecule has 0 saturated heterocycles. The molecule has 5 nitrogen and oxygen atoms in total. The zero-order chi connectivity index (χ0) is 12.6. The topological polar surface area (TPSA) is 88.9 Å². The van der Waals surface area contributed by atoms with Crippen LogP contribution in [0.2, 0.25) is 0 Å². The Bertz CT molecular complexity index is 723. The number of aryl methyl sites for hydroxylation is 1. The van der Waals surface area contributed by atoms with E-state index in [0.717, 1.165) is 0 Å². The molecule has 1 heterocycles. The molecule has 0 fully saturated rings. The van der Waals surface area contributed by atoms with Crippen LogP contribution < -0.4 is 11.2 Å². The minimum absolute atomic E-state index is 0.0512. The Hall–Kier alpha value is -2.61. The number of primary amides is 1. The molecule has 0 radical (unpaired) electrons. The quantitative estimate of drug-likeness (QED) is 0.769. The lowest BCUT2D eigenvalue weighted by Crippen LogP contribution is -2.23. The molecule has 2 N–H and O–H groups in total. The normalized spacial score (nSPS) is 10.1. The largest absolute Gasteiger partial charge is 0.365 e. The lowest BCUT2D eigenvalue weighted by molar-refractivity contribution is 0.0999. The Morgan fingerprint density at radius 2 is 2.18 bits per heavy atom. The SMILES string of the molecule is Cn1cc(C(N)=O)c(=O)c2ccc(C#N)cc21. The lowest BCUT2D eigenvalue weighted by atomic mass is 10.1. The zero-order valence-electron chi connectivity index (χ0n) is 9.10. The highest BCUT2D eigenvalue weighted by Crippen LogP contribution is 2.12. The average molecular weight is 227 g/mol. The number of nitriles is 1. The first-order chi connectivity index (χ1) is 8.04. The third kappa shape index (κ3) is 1.66. The van der Waals surface area contributed by atoms with Crippen LogP contribution >= 0.6 is 0 Å². The predicted molar refractivity (Wildman–Crippen MR) is 62.4 cm³/mol. The monoisotopic (exact) mass is 227 g/mol. The molecule has 1 amide bonds. The molecule has 2 aromatic rings. The van der Waals surface area contributed by atoms with E-state index < -0.39 is 11.3 Å². The van der Waals surface area contributed by atoms with Gasteiger partial charge in [0, 0.05) is 18.6 Å². The van der Waals surface area contributed by atoms with Gasteiger partial charge in [-0.05, 0) is 18.2 Å². The molecule has 5 heteroatoms. The van der Waals surface area contributed by atoms with Gasteiger partial charge in [-0.2, -0.15) is 5.26 Å². The number of rotatable bonds is 1. The van der Waals surface area contributed by atoms with Gasteiger partial charge in [-0.15, -0.1) is 0 Å². The lowest BCUT2D eigenvalue weighted by Gasteiger charge is -2.07. The van der Waals surface area contributed by atoms with Gasteiger partial charge in [-0.1, -0.05) is 0 Å². The van der Waals surface area contributed by atoms with Crippen molar-refractivity contribution in [3.8, 4) is 6.07 Å². The molecule has 0 saturated carbocycles. The van der Waals surface area contributed by atoms with Crippen molar-refractivity contribution in [1.29, 1.82) is 5.26 Å². The highest BCUT2D eigenvalue weighted by Gasteiger charge is 2.11. The van der Waals surface area contributed by atoms with E-state index in [4.69, 9.17) is 11.0 Å². The van der Waals surface area contributed by atoms with Crippen molar-refractivity contribution in [3.63, 3.8) is 0 Å². The summed E-state index contributed by atoms with van der Waals surface area (Å²) in [6, 6.07) is 6.66. The number of hydrogen-bond acceptors (Lipinski definition) is 3.